The van der Waals surface area contributed by atoms with Crippen LogP contribution < -0.4 is 0 Å². The summed E-state index contributed by atoms with van der Waals surface area (Å²) in [7, 11) is -3.22. The summed E-state index contributed by atoms with van der Waals surface area (Å²) in [4.78, 5) is 25.4. The molecule has 176 valence electrons. The van der Waals surface area contributed by atoms with Gasteiger partial charge in [-0.25, -0.2) is 0 Å². The number of phenols is 2. The molecule has 4 rings (SSSR count). The van der Waals surface area contributed by atoms with E-state index in [1.54, 1.807) is 36.7 Å². The molecule has 6 nitrogen and oxygen atoms in total. The van der Waals surface area contributed by atoms with E-state index in [4.69, 9.17) is 9.59 Å². The molecular weight excluding hydrogens is 484 g/mol. The van der Waals surface area contributed by atoms with Crippen molar-refractivity contribution in [3.8, 4) is 11.5 Å². The van der Waals surface area contributed by atoms with Crippen molar-refractivity contribution in [1.29, 1.82) is 0 Å². The van der Waals surface area contributed by atoms with Crippen LogP contribution >= 0.6 is 0 Å². The number of aromatic nitrogens is 2. The van der Waals surface area contributed by atoms with Crippen LogP contribution in [0.2, 0.25) is 39.3 Å². The Hall–Kier alpha value is -2.07. The number of phenolic OH excluding ortho intramolecular Hbond substituents is 2. The topological polar surface area (TPSA) is 107 Å². The Balaban J connectivity index is 0.000000441. The maximum Gasteiger partial charge on any atom is 0.179 e. The second-order valence-electron chi connectivity index (χ2n) is 9.05. The van der Waals surface area contributed by atoms with Gasteiger partial charge in [-0.2, -0.15) is 0 Å². The third-order valence-electron chi connectivity index (χ3n) is 3.22. The van der Waals surface area contributed by atoms with Crippen LogP contribution in [0.1, 0.15) is 0 Å². The first-order chi connectivity index (χ1) is 14.8. The molecule has 0 aliphatic rings. The van der Waals surface area contributed by atoms with E-state index in [9.17, 15) is 10.2 Å². The van der Waals surface area contributed by atoms with Crippen LogP contribution in [0.4, 0.5) is 0 Å². The van der Waals surface area contributed by atoms with E-state index in [1.807, 2.05) is 75.7 Å². The van der Waals surface area contributed by atoms with E-state index in [-0.39, 0.29) is 33.2 Å². The first-order valence-electron chi connectivity index (χ1n) is 10.3. The van der Waals surface area contributed by atoms with E-state index < -0.39 is 16.6 Å². The molecule has 0 radical (unpaired) electrons. The zero-order chi connectivity index (χ0) is 24.4. The molecule has 0 saturated carbocycles. The second-order valence-corrected chi connectivity index (χ2v) is 17.7. The molecule has 9 heteroatoms. The van der Waals surface area contributed by atoms with Crippen LogP contribution in [-0.4, -0.2) is 46.4 Å². The summed E-state index contributed by atoms with van der Waals surface area (Å²) in [5.41, 5.74) is 1.32. The molecule has 4 N–H and O–H groups in total. The quantitative estimate of drug-likeness (QED) is 0.229. The molecule has 0 amide bonds. The fraction of sp³-hybridized carbons (Fsp3) is 0.250. The van der Waals surface area contributed by atoms with E-state index in [0.717, 1.165) is 10.8 Å². The number of hydrogen-bond acceptors (Lipinski definition) is 6. The normalized spacial score (nSPS) is 10.4. The van der Waals surface area contributed by atoms with Crippen molar-refractivity contribution in [1.82, 2.24) is 9.97 Å². The van der Waals surface area contributed by atoms with Crippen molar-refractivity contribution in [2.24, 2.45) is 0 Å². The van der Waals surface area contributed by atoms with Gasteiger partial charge in [0.25, 0.3) is 0 Å². The molecule has 0 bridgehead atoms. The summed E-state index contributed by atoms with van der Waals surface area (Å²) in [5.74, 6) is 0.478. The fourth-order valence-electron chi connectivity index (χ4n) is 2.18. The van der Waals surface area contributed by atoms with Crippen LogP contribution in [0.15, 0.2) is 73.1 Å². The minimum absolute atomic E-state index is 0. The Morgan fingerprint density at radius 1 is 0.545 bits per heavy atom. The van der Waals surface area contributed by atoms with E-state index in [2.05, 4.69) is 9.97 Å². The van der Waals surface area contributed by atoms with Crippen molar-refractivity contribution >= 4 is 38.4 Å². The number of nitrogens with zero attached hydrogens (tertiary/aromatic N) is 2. The summed E-state index contributed by atoms with van der Waals surface area (Å²) in [6, 6.07) is 18.3. The molecule has 0 saturated heterocycles. The van der Waals surface area contributed by atoms with Gasteiger partial charge in [-0.1, -0.05) is 36.4 Å². The van der Waals surface area contributed by atoms with Gasteiger partial charge in [0.05, 0.1) is 0 Å². The number of benzene rings is 2. The molecule has 2 aromatic carbocycles. The average Bonchev–Trinajstić information content (AvgIpc) is 2.67. The Kier molecular flexibility index (Phi) is 13.4. The predicted molar refractivity (Wildman–Crippen MR) is 138 cm³/mol. The Bertz CT molecular complexity index is 1000. The molecule has 0 unspecified atom stereocenters. The molecular formula is C24H34N2O4Si2Ti. The largest absolute Gasteiger partial charge is 0.506 e. The van der Waals surface area contributed by atoms with Gasteiger partial charge in [0, 0.05) is 44.9 Å². The number of pyridine rings is 2. The van der Waals surface area contributed by atoms with E-state index >= 15 is 0 Å². The standard InChI is InChI=1S/2C9H7NO.2C3H10OSi.Ti/c2*11-8-5-1-3-7-4-2-6-10-9(7)8;2*1-5(2,3)4;/h2*1-6,11H;2*4H,1-3H3;. The first kappa shape index (κ1) is 30.9. The van der Waals surface area contributed by atoms with Crippen molar-refractivity contribution < 1.29 is 41.5 Å². The van der Waals surface area contributed by atoms with Gasteiger partial charge in [0.15, 0.2) is 16.6 Å². The zero-order valence-corrected chi connectivity index (χ0v) is 23.7. The minimum atomic E-state index is -1.61. The van der Waals surface area contributed by atoms with Crippen molar-refractivity contribution in [2.45, 2.75) is 39.3 Å². The van der Waals surface area contributed by atoms with Crippen LogP contribution in [0.25, 0.3) is 21.8 Å². The smallest absolute Gasteiger partial charge is 0.179 e. The van der Waals surface area contributed by atoms with Crippen molar-refractivity contribution in [3.63, 3.8) is 0 Å². The Labute approximate surface area is 213 Å². The summed E-state index contributed by atoms with van der Waals surface area (Å²) in [6.45, 7) is 11.3. The van der Waals surface area contributed by atoms with Gasteiger partial charge in [0.1, 0.15) is 22.5 Å². The minimum Gasteiger partial charge on any atom is -0.506 e. The van der Waals surface area contributed by atoms with Crippen LogP contribution in [0.5, 0.6) is 11.5 Å². The summed E-state index contributed by atoms with van der Waals surface area (Å²) >= 11 is 0. The maximum atomic E-state index is 9.31. The first-order valence-corrected chi connectivity index (χ1v) is 17.2. The van der Waals surface area contributed by atoms with Crippen LogP contribution in [0.3, 0.4) is 0 Å². The average molecular weight is 519 g/mol. The number of aromatic hydroxyl groups is 2. The van der Waals surface area contributed by atoms with Gasteiger partial charge >= 0.3 is 0 Å². The monoisotopic (exact) mass is 518 g/mol. The molecule has 2 heterocycles. The Morgan fingerprint density at radius 2 is 0.818 bits per heavy atom. The van der Waals surface area contributed by atoms with E-state index in [0.29, 0.717) is 11.0 Å². The zero-order valence-electron chi connectivity index (χ0n) is 20.1. The Morgan fingerprint density at radius 3 is 1.09 bits per heavy atom. The van der Waals surface area contributed by atoms with Crippen LogP contribution in [-0.2, 0) is 21.7 Å². The molecule has 0 fully saturated rings. The SMILES string of the molecule is C[Si](C)(C)O.C[Si](C)(C)O.Oc1cccc2cccnc12.Oc1cccc2cccnc12.[Ti]. The third kappa shape index (κ3) is 14.6. The van der Waals surface area contributed by atoms with Gasteiger partial charge in [-0.15, -0.1) is 0 Å². The van der Waals surface area contributed by atoms with Crippen LogP contribution in [0, 0.1) is 0 Å². The molecule has 0 atom stereocenters. The predicted octanol–water partition coefficient (Wildman–Crippen LogP) is 5.51. The fourth-order valence-corrected chi connectivity index (χ4v) is 2.18. The van der Waals surface area contributed by atoms with Gasteiger partial charge in [-0.05, 0) is 63.5 Å². The van der Waals surface area contributed by atoms with Gasteiger partial charge < -0.3 is 19.8 Å². The maximum absolute atomic E-state index is 9.31. The molecule has 0 spiro atoms. The second kappa shape index (κ2) is 14.2. The molecule has 2 aromatic heterocycles. The number of para-hydroxylation sites is 2. The molecule has 0 aliphatic heterocycles. The molecule has 0 aliphatic carbocycles. The molecule has 33 heavy (non-hydrogen) atoms. The number of hydrogen-bond donors (Lipinski definition) is 4. The molecule has 4 aromatic rings. The summed E-state index contributed by atoms with van der Waals surface area (Å²) < 4.78 is 0. The van der Waals surface area contributed by atoms with E-state index in [1.165, 1.54) is 0 Å². The number of rotatable bonds is 0. The van der Waals surface area contributed by atoms with Crippen molar-refractivity contribution in [2.75, 3.05) is 0 Å². The summed E-state index contributed by atoms with van der Waals surface area (Å²) in [6.07, 6.45) is 3.34. The number of fused-ring (bicyclic) bond motifs is 2. The van der Waals surface area contributed by atoms with Crippen molar-refractivity contribution in [3.05, 3.63) is 73.1 Å². The van der Waals surface area contributed by atoms with Gasteiger partial charge in [0.2, 0.25) is 0 Å². The third-order valence-corrected chi connectivity index (χ3v) is 3.22. The van der Waals surface area contributed by atoms with Gasteiger partial charge in [-0.3, -0.25) is 9.97 Å². The summed E-state index contributed by atoms with van der Waals surface area (Å²) in [5, 5.41) is 20.5.